The highest BCUT2D eigenvalue weighted by atomic mass is 79.9. The lowest BCUT2D eigenvalue weighted by Crippen LogP contribution is -1.96. The molecular weight excluding hydrogens is 404 g/mol. The topological polar surface area (TPSA) is 86.5 Å². The number of hydrogen-bond acceptors (Lipinski definition) is 4. The minimum absolute atomic E-state index is 0.0430. The van der Waals surface area contributed by atoms with Crippen LogP contribution in [0.3, 0.4) is 0 Å². The second kappa shape index (κ2) is 5.12. The first-order chi connectivity index (χ1) is 9.97. The van der Waals surface area contributed by atoms with Crippen LogP contribution in [-0.4, -0.2) is 14.3 Å². The molecule has 2 aromatic heterocycles. The number of anilines is 1. The Bertz CT molecular complexity index is 876. The number of benzene rings is 1. The second-order valence-corrected chi connectivity index (χ2v) is 6.17. The molecule has 21 heavy (non-hydrogen) atoms. The molecule has 6 nitrogen and oxygen atoms in total. The molecule has 106 valence electrons. The number of nitro benzene ring substituents is 1. The van der Waals surface area contributed by atoms with Crippen molar-refractivity contribution < 1.29 is 4.92 Å². The number of pyridine rings is 1. The van der Waals surface area contributed by atoms with Gasteiger partial charge < -0.3 is 5.73 Å². The third-order valence-corrected chi connectivity index (χ3v) is 3.99. The minimum Gasteiger partial charge on any atom is -0.383 e. The Morgan fingerprint density at radius 2 is 1.90 bits per heavy atom. The first-order valence-corrected chi connectivity index (χ1v) is 7.43. The molecule has 0 fully saturated rings. The van der Waals surface area contributed by atoms with Crippen molar-refractivity contribution in [2.75, 3.05) is 5.73 Å². The Labute approximate surface area is 136 Å². The van der Waals surface area contributed by atoms with Crippen LogP contribution in [0.15, 0.2) is 45.5 Å². The van der Waals surface area contributed by atoms with Gasteiger partial charge in [-0.15, -0.1) is 0 Å². The third-order valence-electron chi connectivity index (χ3n) is 3.03. The number of halogens is 2. The highest BCUT2D eigenvalue weighted by molar-refractivity contribution is 9.10. The Morgan fingerprint density at radius 1 is 1.19 bits per heavy atom. The van der Waals surface area contributed by atoms with E-state index < -0.39 is 4.92 Å². The maximum absolute atomic E-state index is 11.2. The van der Waals surface area contributed by atoms with E-state index >= 15 is 0 Å². The van der Waals surface area contributed by atoms with Gasteiger partial charge in [0, 0.05) is 21.2 Å². The van der Waals surface area contributed by atoms with Crippen molar-refractivity contribution in [3.05, 3.63) is 55.6 Å². The molecule has 3 rings (SSSR count). The fourth-order valence-electron chi connectivity index (χ4n) is 2.09. The molecular formula is C13H8Br2N4O2. The average molecular weight is 412 g/mol. The summed E-state index contributed by atoms with van der Waals surface area (Å²) in [5.41, 5.74) is 7.46. The van der Waals surface area contributed by atoms with Gasteiger partial charge in [0.2, 0.25) is 0 Å². The summed E-state index contributed by atoms with van der Waals surface area (Å²) in [5.74, 6) is 0.358. The van der Waals surface area contributed by atoms with Gasteiger partial charge in [-0.3, -0.25) is 14.5 Å². The lowest BCUT2D eigenvalue weighted by atomic mass is 10.1. The molecule has 2 N–H and O–H groups in total. The van der Waals surface area contributed by atoms with Gasteiger partial charge in [-0.1, -0.05) is 15.9 Å². The summed E-state index contributed by atoms with van der Waals surface area (Å²) in [6.07, 6.45) is 1.77. The second-order valence-electron chi connectivity index (χ2n) is 4.34. The van der Waals surface area contributed by atoms with Gasteiger partial charge in [0.05, 0.1) is 10.5 Å². The van der Waals surface area contributed by atoms with E-state index in [4.69, 9.17) is 5.73 Å². The summed E-state index contributed by atoms with van der Waals surface area (Å²) in [5, 5.41) is 11.2. The fourth-order valence-corrected chi connectivity index (χ4v) is 2.78. The van der Waals surface area contributed by atoms with Gasteiger partial charge in [-0.25, -0.2) is 4.98 Å². The van der Waals surface area contributed by atoms with Gasteiger partial charge in [-0.2, -0.15) is 0 Å². The van der Waals surface area contributed by atoms with Crippen LogP contribution < -0.4 is 5.73 Å². The Hall–Kier alpha value is -1.93. The van der Waals surface area contributed by atoms with E-state index in [9.17, 15) is 10.1 Å². The van der Waals surface area contributed by atoms with E-state index in [1.807, 2.05) is 6.07 Å². The molecule has 0 radical (unpaired) electrons. The number of aromatic nitrogens is 2. The van der Waals surface area contributed by atoms with Crippen LogP contribution in [0.1, 0.15) is 0 Å². The predicted molar refractivity (Wildman–Crippen MR) is 87.1 cm³/mol. The van der Waals surface area contributed by atoms with Gasteiger partial charge >= 0.3 is 0 Å². The molecule has 0 aliphatic rings. The van der Waals surface area contributed by atoms with Crippen LogP contribution in [0.4, 0.5) is 11.5 Å². The van der Waals surface area contributed by atoms with Crippen molar-refractivity contribution in [2.45, 2.75) is 0 Å². The molecule has 0 unspecified atom stereocenters. The molecule has 0 spiro atoms. The monoisotopic (exact) mass is 410 g/mol. The molecule has 0 amide bonds. The van der Waals surface area contributed by atoms with Crippen LogP contribution in [0.25, 0.3) is 16.9 Å². The molecule has 0 saturated heterocycles. The van der Waals surface area contributed by atoms with Gasteiger partial charge in [0.15, 0.2) is 0 Å². The number of nitrogens with zero attached hydrogens (tertiary/aromatic N) is 3. The van der Waals surface area contributed by atoms with E-state index in [2.05, 4.69) is 36.8 Å². The highest BCUT2D eigenvalue weighted by Crippen LogP contribution is 2.35. The zero-order valence-electron chi connectivity index (χ0n) is 10.5. The van der Waals surface area contributed by atoms with Crippen molar-refractivity contribution in [2.24, 2.45) is 0 Å². The quantitative estimate of drug-likeness (QED) is 0.509. The molecule has 3 aromatic rings. The lowest BCUT2D eigenvalue weighted by molar-refractivity contribution is -0.384. The fraction of sp³-hybridized carbons (Fsp3) is 0. The molecule has 0 aliphatic carbocycles. The number of imidazole rings is 1. The largest absolute Gasteiger partial charge is 0.383 e. The standard InChI is InChI=1S/C13H8Br2N4O2/c14-7-1-3-9(10(5-7)19(20)21)12-13(16)18-6-8(15)2-4-11(18)17-12/h1-6H,16H2. The van der Waals surface area contributed by atoms with Crippen LogP contribution >= 0.6 is 31.9 Å². The zero-order chi connectivity index (χ0) is 15.1. The number of fused-ring (bicyclic) bond motifs is 1. The van der Waals surface area contributed by atoms with Gasteiger partial charge in [0.1, 0.15) is 17.2 Å². The molecule has 1 aromatic carbocycles. The number of nitro groups is 1. The van der Waals surface area contributed by atoms with Crippen molar-refractivity contribution in [3.63, 3.8) is 0 Å². The maximum atomic E-state index is 11.2. The van der Waals surface area contributed by atoms with Crippen molar-refractivity contribution >= 4 is 49.0 Å². The van der Waals surface area contributed by atoms with E-state index in [1.165, 1.54) is 6.07 Å². The Balaban J connectivity index is 2.30. The predicted octanol–water partition coefficient (Wildman–Crippen LogP) is 4.02. The highest BCUT2D eigenvalue weighted by Gasteiger charge is 2.21. The number of nitrogens with two attached hydrogens (primary N) is 1. The molecule has 0 atom stereocenters. The van der Waals surface area contributed by atoms with Crippen LogP contribution in [0, 0.1) is 10.1 Å². The normalized spacial score (nSPS) is 11.0. The molecule has 0 aliphatic heterocycles. The molecule has 0 saturated carbocycles. The van der Waals surface area contributed by atoms with Crippen LogP contribution in [-0.2, 0) is 0 Å². The first kappa shape index (κ1) is 14.0. The van der Waals surface area contributed by atoms with Gasteiger partial charge in [-0.05, 0) is 40.2 Å². The smallest absolute Gasteiger partial charge is 0.280 e. The number of rotatable bonds is 2. The summed E-state index contributed by atoms with van der Waals surface area (Å²) in [4.78, 5) is 15.2. The van der Waals surface area contributed by atoms with E-state index in [0.717, 1.165) is 4.47 Å². The maximum Gasteiger partial charge on any atom is 0.280 e. The van der Waals surface area contributed by atoms with Crippen molar-refractivity contribution in [3.8, 4) is 11.3 Å². The van der Waals surface area contributed by atoms with Crippen LogP contribution in [0.5, 0.6) is 0 Å². The Morgan fingerprint density at radius 3 is 2.62 bits per heavy atom. The summed E-state index contributed by atoms with van der Waals surface area (Å²) < 4.78 is 3.16. The molecule has 2 heterocycles. The minimum atomic E-state index is -0.445. The summed E-state index contributed by atoms with van der Waals surface area (Å²) in [7, 11) is 0. The first-order valence-electron chi connectivity index (χ1n) is 5.85. The Kier molecular flexibility index (Phi) is 3.42. The lowest BCUT2D eigenvalue weighted by Gasteiger charge is -2.02. The SMILES string of the molecule is Nc1c(-c2ccc(Br)cc2[N+](=O)[O-])nc2ccc(Br)cn12. The van der Waals surface area contributed by atoms with Crippen molar-refractivity contribution in [1.82, 2.24) is 9.38 Å². The summed E-state index contributed by atoms with van der Waals surface area (Å²) >= 11 is 6.59. The van der Waals surface area contributed by atoms with Gasteiger partial charge in [0.25, 0.3) is 5.69 Å². The number of hydrogen-bond donors (Lipinski definition) is 1. The molecule has 0 bridgehead atoms. The zero-order valence-corrected chi connectivity index (χ0v) is 13.6. The average Bonchev–Trinajstić information content (AvgIpc) is 2.76. The summed E-state index contributed by atoms with van der Waals surface area (Å²) in [6.45, 7) is 0. The third kappa shape index (κ3) is 2.40. The summed E-state index contributed by atoms with van der Waals surface area (Å²) in [6, 6.07) is 8.42. The van der Waals surface area contributed by atoms with E-state index in [-0.39, 0.29) is 5.69 Å². The van der Waals surface area contributed by atoms with Crippen LogP contribution in [0.2, 0.25) is 0 Å². The van der Waals surface area contributed by atoms with Crippen molar-refractivity contribution in [1.29, 1.82) is 0 Å². The van der Waals surface area contributed by atoms with E-state index in [1.54, 1.807) is 28.8 Å². The molecule has 8 heteroatoms. The number of nitrogen functional groups attached to an aromatic ring is 1. The van der Waals surface area contributed by atoms with E-state index in [0.29, 0.717) is 27.2 Å².